The number of hydrogen-bond donors (Lipinski definition) is 3. The van der Waals surface area contributed by atoms with Gasteiger partial charge in [0.2, 0.25) is 11.8 Å². The van der Waals surface area contributed by atoms with Crippen LogP contribution in [0.1, 0.15) is 25.1 Å². The lowest BCUT2D eigenvalue weighted by Gasteiger charge is -2.21. The van der Waals surface area contributed by atoms with Crippen molar-refractivity contribution >= 4 is 17.5 Å². The highest BCUT2D eigenvalue weighted by Gasteiger charge is 2.13. The number of carbonyl (C=O) groups excluding carboxylic acids is 2. The summed E-state index contributed by atoms with van der Waals surface area (Å²) in [5.74, 6) is -1.14. The number of nitrogens with zero attached hydrogens (tertiary/aromatic N) is 2. The van der Waals surface area contributed by atoms with Crippen LogP contribution < -0.4 is 16.4 Å². The molecule has 1 aromatic heterocycles. The molecule has 0 radical (unpaired) electrons. The quantitative estimate of drug-likeness (QED) is 0.602. The number of amides is 2. The number of hydrogen-bond acceptors (Lipinski definition) is 5. The van der Waals surface area contributed by atoms with Crippen LogP contribution in [-0.4, -0.2) is 35.0 Å². The second-order valence-corrected chi connectivity index (χ2v) is 4.15. The molecular formula is C12H18N4O3. The van der Waals surface area contributed by atoms with Crippen molar-refractivity contribution in [3.05, 3.63) is 24.0 Å². The van der Waals surface area contributed by atoms with Gasteiger partial charge in [-0.2, -0.15) is 0 Å². The zero-order valence-electron chi connectivity index (χ0n) is 10.7. The first-order valence-electron chi connectivity index (χ1n) is 5.89. The molecule has 0 bridgehead atoms. The Bertz CT molecular complexity index is 431. The standard InChI is InChI=1S/C12H18N4O3/c1-2-10(17)9-4-3-8(5-15-9)16(6-11(13)18)7-12(14)19/h3-5,10,17H,2,6-7H2,1H3,(H2,13,18)(H2,14,19)/t10-/m0/s1. The smallest absolute Gasteiger partial charge is 0.236 e. The maximum atomic E-state index is 11.0. The molecule has 1 heterocycles. The summed E-state index contributed by atoms with van der Waals surface area (Å²) in [5, 5.41) is 9.63. The fourth-order valence-electron chi connectivity index (χ4n) is 1.61. The Balaban J connectivity index is 2.89. The average Bonchev–Trinajstić information content (AvgIpc) is 2.36. The van der Waals surface area contributed by atoms with Gasteiger partial charge < -0.3 is 21.5 Å². The Morgan fingerprint density at radius 2 is 1.89 bits per heavy atom. The van der Waals surface area contributed by atoms with E-state index in [4.69, 9.17) is 11.5 Å². The van der Waals surface area contributed by atoms with Crippen LogP contribution in [0, 0.1) is 0 Å². The monoisotopic (exact) mass is 266 g/mol. The van der Waals surface area contributed by atoms with Crippen LogP contribution >= 0.6 is 0 Å². The van der Waals surface area contributed by atoms with E-state index in [-0.39, 0.29) is 13.1 Å². The number of aliphatic hydroxyl groups excluding tert-OH is 1. The number of pyridine rings is 1. The number of rotatable bonds is 7. The first-order chi connectivity index (χ1) is 8.93. The van der Waals surface area contributed by atoms with Gasteiger partial charge in [0.15, 0.2) is 0 Å². The van der Waals surface area contributed by atoms with Crippen LogP contribution in [0.3, 0.4) is 0 Å². The van der Waals surface area contributed by atoms with Crippen molar-refractivity contribution in [3.8, 4) is 0 Å². The molecule has 0 fully saturated rings. The highest BCUT2D eigenvalue weighted by molar-refractivity contribution is 5.84. The maximum absolute atomic E-state index is 11.0. The Kier molecular flexibility index (Phi) is 5.25. The normalized spacial score (nSPS) is 11.9. The van der Waals surface area contributed by atoms with Crippen LogP contribution in [-0.2, 0) is 9.59 Å². The minimum absolute atomic E-state index is 0.125. The summed E-state index contributed by atoms with van der Waals surface area (Å²) in [6.45, 7) is 1.59. The fraction of sp³-hybridized carbons (Fsp3) is 0.417. The molecule has 7 heteroatoms. The van der Waals surface area contributed by atoms with Gasteiger partial charge in [-0.15, -0.1) is 0 Å². The molecule has 0 spiro atoms. The molecule has 0 unspecified atom stereocenters. The third-order valence-corrected chi connectivity index (χ3v) is 2.56. The Labute approximate surface area is 111 Å². The first-order valence-corrected chi connectivity index (χ1v) is 5.89. The zero-order valence-corrected chi connectivity index (χ0v) is 10.7. The molecule has 0 aliphatic rings. The average molecular weight is 266 g/mol. The van der Waals surface area contributed by atoms with E-state index in [0.717, 1.165) is 0 Å². The van der Waals surface area contributed by atoms with E-state index in [0.29, 0.717) is 17.8 Å². The summed E-state index contributed by atoms with van der Waals surface area (Å²) >= 11 is 0. The van der Waals surface area contributed by atoms with Crippen molar-refractivity contribution in [2.75, 3.05) is 18.0 Å². The second-order valence-electron chi connectivity index (χ2n) is 4.15. The second kappa shape index (κ2) is 6.69. The number of nitrogens with two attached hydrogens (primary N) is 2. The molecule has 0 aliphatic heterocycles. The molecule has 0 saturated carbocycles. The Morgan fingerprint density at radius 1 is 1.32 bits per heavy atom. The molecule has 5 N–H and O–H groups in total. The summed E-state index contributed by atoms with van der Waals surface area (Å²) < 4.78 is 0. The lowest BCUT2D eigenvalue weighted by Crippen LogP contribution is -2.39. The van der Waals surface area contributed by atoms with Crippen LogP contribution in [0.15, 0.2) is 18.3 Å². The lowest BCUT2D eigenvalue weighted by molar-refractivity contribution is -0.117. The summed E-state index contributed by atoms with van der Waals surface area (Å²) in [5.41, 5.74) is 11.3. The minimum Gasteiger partial charge on any atom is -0.387 e. The lowest BCUT2D eigenvalue weighted by atomic mass is 10.2. The van der Waals surface area contributed by atoms with Gasteiger partial charge in [0, 0.05) is 0 Å². The molecule has 1 aromatic rings. The predicted molar refractivity (Wildman–Crippen MR) is 70.1 cm³/mol. The number of primary amides is 2. The summed E-state index contributed by atoms with van der Waals surface area (Å²) in [4.78, 5) is 27.4. The minimum atomic E-state index is -0.630. The molecule has 104 valence electrons. The molecule has 19 heavy (non-hydrogen) atoms. The Hall–Kier alpha value is -2.15. The largest absolute Gasteiger partial charge is 0.387 e. The van der Waals surface area contributed by atoms with Gasteiger partial charge in [-0.05, 0) is 18.6 Å². The molecule has 7 nitrogen and oxygen atoms in total. The molecule has 0 aliphatic carbocycles. The summed E-state index contributed by atoms with van der Waals surface area (Å²) in [6, 6.07) is 3.30. The van der Waals surface area contributed by atoms with Crippen molar-refractivity contribution in [2.45, 2.75) is 19.4 Å². The van der Waals surface area contributed by atoms with Crippen molar-refractivity contribution in [2.24, 2.45) is 11.5 Å². The van der Waals surface area contributed by atoms with E-state index in [9.17, 15) is 14.7 Å². The third-order valence-electron chi connectivity index (χ3n) is 2.56. The molecule has 0 saturated heterocycles. The molecular weight excluding hydrogens is 248 g/mol. The van der Waals surface area contributed by atoms with Gasteiger partial charge in [0.1, 0.15) is 0 Å². The zero-order chi connectivity index (χ0) is 14.4. The summed E-state index contributed by atoms with van der Waals surface area (Å²) in [6.07, 6.45) is 1.40. The van der Waals surface area contributed by atoms with Gasteiger partial charge in [-0.3, -0.25) is 14.6 Å². The van der Waals surface area contributed by atoms with Crippen molar-refractivity contribution in [1.82, 2.24) is 4.98 Å². The van der Waals surface area contributed by atoms with E-state index in [1.807, 2.05) is 6.92 Å². The van der Waals surface area contributed by atoms with Gasteiger partial charge in [-0.1, -0.05) is 6.92 Å². The van der Waals surface area contributed by atoms with Crippen molar-refractivity contribution in [3.63, 3.8) is 0 Å². The number of aromatic nitrogens is 1. The third kappa shape index (κ3) is 4.55. The number of anilines is 1. The van der Waals surface area contributed by atoms with E-state index in [2.05, 4.69) is 4.98 Å². The van der Waals surface area contributed by atoms with Gasteiger partial charge >= 0.3 is 0 Å². The van der Waals surface area contributed by atoms with Gasteiger partial charge in [0.05, 0.1) is 36.8 Å². The predicted octanol–water partition coefficient (Wildman–Crippen LogP) is -0.698. The molecule has 1 rings (SSSR count). The highest BCUT2D eigenvalue weighted by atomic mass is 16.3. The van der Waals surface area contributed by atoms with E-state index in [1.54, 1.807) is 12.1 Å². The fourth-order valence-corrected chi connectivity index (χ4v) is 1.61. The molecule has 2 amide bonds. The van der Waals surface area contributed by atoms with Crippen LogP contribution in [0.25, 0.3) is 0 Å². The maximum Gasteiger partial charge on any atom is 0.236 e. The highest BCUT2D eigenvalue weighted by Crippen LogP contribution is 2.18. The van der Waals surface area contributed by atoms with Crippen LogP contribution in [0.4, 0.5) is 5.69 Å². The SMILES string of the molecule is CC[C@H](O)c1ccc(N(CC(N)=O)CC(N)=O)cn1. The van der Waals surface area contributed by atoms with Crippen LogP contribution in [0.5, 0.6) is 0 Å². The van der Waals surface area contributed by atoms with Crippen LogP contribution in [0.2, 0.25) is 0 Å². The van der Waals surface area contributed by atoms with E-state index in [1.165, 1.54) is 11.1 Å². The molecule has 1 atom stereocenters. The first kappa shape index (κ1) is 14.9. The van der Waals surface area contributed by atoms with Crippen molar-refractivity contribution < 1.29 is 14.7 Å². The van der Waals surface area contributed by atoms with Gasteiger partial charge in [0.25, 0.3) is 0 Å². The van der Waals surface area contributed by atoms with E-state index >= 15 is 0 Å². The van der Waals surface area contributed by atoms with E-state index < -0.39 is 17.9 Å². The Morgan fingerprint density at radius 3 is 2.26 bits per heavy atom. The number of aliphatic hydroxyl groups is 1. The number of carbonyl (C=O) groups is 2. The topological polar surface area (TPSA) is 123 Å². The van der Waals surface area contributed by atoms with Gasteiger partial charge in [-0.25, -0.2) is 0 Å². The van der Waals surface area contributed by atoms with Crippen molar-refractivity contribution in [1.29, 1.82) is 0 Å². The molecule has 0 aromatic carbocycles. The summed E-state index contributed by atoms with van der Waals surface area (Å²) in [7, 11) is 0.